The van der Waals surface area contributed by atoms with Gasteiger partial charge < -0.3 is 48.3 Å². The molecule has 3 heterocycles. The number of halogens is 1. The first-order valence-electron chi connectivity index (χ1n) is 29.0. The number of azo groups is 1. The van der Waals surface area contributed by atoms with Crippen LogP contribution in [0.3, 0.4) is 0 Å². The van der Waals surface area contributed by atoms with Crippen LogP contribution >= 0.6 is 11.6 Å². The molecular formula is C58H31ClN15Na8O28S8+. The summed E-state index contributed by atoms with van der Waals surface area (Å²) in [6.07, 6.45) is 7.07. The Hall–Kier alpha value is -3.77. The van der Waals surface area contributed by atoms with Crippen molar-refractivity contribution < 1.29 is 365 Å². The van der Waals surface area contributed by atoms with Gasteiger partial charge in [0.15, 0.2) is 0 Å². The predicted octanol–water partition coefficient (Wildman–Crippen LogP) is -22.4. The molecule has 1 aliphatic rings. The van der Waals surface area contributed by atoms with Gasteiger partial charge in [-0.3, -0.25) is 24.1 Å². The van der Waals surface area contributed by atoms with Gasteiger partial charge in [0.05, 0.1) is 82.7 Å². The van der Waals surface area contributed by atoms with E-state index in [1.165, 1.54) is 36.6 Å². The third-order valence-electron chi connectivity index (χ3n) is 15.2. The number of aromatic amines is 2. The van der Waals surface area contributed by atoms with Crippen LogP contribution < -0.4 is 278 Å². The number of H-pyrrole nitrogens is 2. The molecule has 0 fully saturated rings. The Labute approximate surface area is 846 Å². The number of hydrogen-bond acceptors (Lipinski definition) is 37. The molecule has 0 saturated carbocycles. The number of rotatable bonds is 19. The van der Waals surface area contributed by atoms with Crippen molar-refractivity contribution in [3.8, 4) is 17.4 Å². The van der Waals surface area contributed by atoms with Crippen LogP contribution in [0.15, 0.2) is 215 Å². The van der Waals surface area contributed by atoms with Crippen LogP contribution in [0.2, 0.25) is 5.28 Å². The number of anilines is 2. The second kappa shape index (κ2) is 40.7. The van der Waals surface area contributed by atoms with Crippen molar-refractivity contribution >= 4 is 199 Å². The predicted molar refractivity (Wildman–Crippen MR) is 362 cm³/mol. The van der Waals surface area contributed by atoms with Gasteiger partial charge >= 0.3 is 248 Å². The van der Waals surface area contributed by atoms with Gasteiger partial charge in [0.1, 0.15) is 71.0 Å². The summed E-state index contributed by atoms with van der Waals surface area (Å²) in [7, 11) is -44.3. The van der Waals surface area contributed by atoms with E-state index in [1.807, 2.05) is 0 Å². The number of allylic oxidation sites excluding steroid dienone is 4. The molecule has 0 spiro atoms. The summed E-state index contributed by atoms with van der Waals surface area (Å²) in [5.74, 6) is -6.54. The second-order valence-corrected chi connectivity index (χ2v) is 33.5. The van der Waals surface area contributed by atoms with Crippen molar-refractivity contribution in [2.45, 2.75) is 39.2 Å². The van der Waals surface area contributed by atoms with Crippen LogP contribution in [0.5, 0.6) is 11.5 Å². The summed E-state index contributed by atoms with van der Waals surface area (Å²) >= 11 is 6.31. The van der Waals surface area contributed by atoms with E-state index in [9.17, 15) is 124 Å². The van der Waals surface area contributed by atoms with Crippen LogP contribution in [-0.2, 0) is 80.9 Å². The Balaban J connectivity index is 0.00000366. The number of benzene rings is 8. The number of aliphatic imine (C=N–C) groups is 2. The molecule has 12 rings (SSSR count). The van der Waals surface area contributed by atoms with Crippen molar-refractivity contribution in [2.24, 2.45) is 30.2 Å². The molecule has 43 nitrogen and oxygen atoms in total. The number of hydrazine groups is 1. The topological polar surface area (TPSA) is 721 Å². The third-order valence-corrected chi connectivity index (χ3v) is 22.4. The molecule has 8 aromatic carbocycles. The van der Waals surface area contributed by atoms with Gasteiger partial charge in [-0.2, -0.15) is 45.2 Å². The molecule has 568 valence electrons. The van der Waals surface area contributed by atoms with Crippen LogP contribution in [0.25, 0.3) is 49.0 Å². The van der Waals surface area contributed by atoms with Gasteiger partial charge in [0.25, 0.3) is 41.9 Å². The van der Waals surface area contributed by atoms with Crippen LogP contribution in [0.1, 0.15) is 10.4 Å². The number of nitrogens with zero attached hydrogens (tertiary/aromatic N) is 11. The first-order chi connectivity index (χ1) is 51.1. The van der Waals surface area contributed by atoms with E-state index >= 15 is 0 Å². The Kier molecular flexibility index (Phi) is 36.7. The van der Waals surface area contributed by atoms with Crippen LogP contribution in [0, 0.1) is 0 Å². The fourth-order valence-corrected chi connectivity index (χ4v) is 16.4. The zero-order valence-corrected chi connectivity index (χ0v) is 84.3. The van der Waals surface area contributed by atoms with Gasteiger partial charge in [-0.1, -0.05) is 47.9 Å². The number of carbonyl (C=O) groups is 1. The Bertz CT molecular complexity index is 7330. The molecule has 0 radical (unpaired) electrons. The van der Waals surface area contributed by atoms with Crippen molar-refractivity contribution in [2.75, 3.05) is 10.9 Å². The van der Waals surface area contributed by atoms with Crippen LogP contribution in [0.4, 0.5) is 46.0 Å². The molecule has 0 aliphatic heterocycles. The third kappa shape index (κ3) is 24.1. The number of carboxylic acids is 1. The number of pyridine rings is 1. The first kappa shape index (κ1) is 107. The Morgan fingerprint density at radius 1 is 0.449 bits per heavy atom. The van der Waals surface area contributed by atoms with E-state index in [0.717, 1.165) is 71.4 Å². The summed E-state index contributed by atoms with van der Waals surface area (Å²) in [4.78, 5) is 40.8. The van der Waals surface area contributed by atoms with E-state index in [2.05, 4.69) is 71.0 Å². The van der Waals surface area contributed by atoms with Gasteiger partial charge in [-0.05, 0) is 124 Å². The van der Waals surface area contributed by atoms with E-state index in [4.69, 9.17) is 11.6 Å². The quantitative estimate of drug-likeness (QED) is 0.00987. The number of aromatic nitrogens is 7. The summed E-state index contributed by atoms with van der Waals surface area (Å²) in [6.45, 7) is 0. The maximum Gasteiger partial charge on any atom is 1.00 e. The van der Waals surface area contributed by atoms with Gasteiger partial charge in [0, 0.05) is 37.9 Å². The molecule has 118 heavy (non-hydrogen) atoms. The molecule has 7 N–H and O–H groups in total. The molecule has 60 heteroatoms. The van der Waals surface area contributed by atoms with Gasteiger partial charge in [-0.25, -0.2) is 61.6 Å². The average molecular weight is 1860 g/mol. The van der Waals surface area contributed by atoms with Crippen molar-refractivity contribution in [1.82, 2.24) is 29.9 Å². The van der Waals surface area contributed by atoms with E-state index in [1.54, 1.807) is 0 Å². The van der Waals surface area contributed by atoms with E-state index < -0.39 is 255 Å². The monoisotopic (exact) mass is 1860 g/mol. The zero-order chi connectivity index (χ0) is 80.1. The number of hydrogen-bond donors (Lipinski definition) is 7. The number of fused-ring (bicyclic) bond motifs is 4. The van der Waals surface area contributed by atoms with E-state index in [0.29, 0.717) is 42.5 Å². The number of nitrogens with one attached hydrogen (secondary N) is 4. The molecular weight excluding hydrogens is 1830 g/mol. The fraction of sp³-hybridized carbons (Fsp3) is 0. The minimum absolute atomic E-state index is 0. The standard InChI is InChI=1S/C58H38ClN15O28S8.8Na/c59-53-64-54(66-56(65-53)62-38-22-30(103(79,80)81)18-26-20-42(107(91,92)93)46(48(75)44(26)38)72-70-36-15-13-32-34(50(36)109(97,98)99)5-1-7-40(32)105(85,86)87)60-28-9-11-29(12-10-28)61-55-67-57(69-58(68-55)74-17-3-4-25(24-74)52(77)78)63-39-23-31(104(82,83)84)19-27-21-43(108(94,95)96)47(49(76)45(27)39)73-71-37-16-14-33-35(51(37)110(100,101)102)6-2-8-41(33)106(88,89)90;;;;;;;;/h1-24H,(H14-,60,61,62,63,64,65,66,67,68,69,70,71,72,73,75,76,77,78,79,80,81,82,83,84,85,86,87,88,89,90,91,92,93,94,95,96,97,98,99,100,101,102);;;;;;;;/q;8*+1/p-7. The summed E-state index contributed by atoms with van der Waals surface area (Å²) < 4.78 is 296. The zero-order valence-electron chi connectivity index (χ0n) is 61.0. The smallest absolute Gasteiger partial charge is 0.871 e. The fourth-order valence-electron chi connectivity index (χ4n) is 10.8. The molecule has 0 bridgehead atoms. The molecule has 3 aromatic heterocycles. The minimum Gasteiger partial charge on any atom is -0.871 e. The van der Waals surface area contributed by atoms with Gasteiger partial charge in [0.2, 0.25) is 10.9 Å². The molecule has 11 aromatic rings. The van der Waals surface area contributed by atoms with Gasteiger partial charge in [-0.15, -0.1) is 15.2 Å². The SMILES string of the molecule is O=C([O-])c1ccc[n+](-c2nc(N=C3C=CC(=Nc4nc(Cl)[nH]c(=Nc5cc(S(=O)(=O)[O-])cc6cc(S(=O)(=O)O)c(NNc7ccc8c(S(=O)(=O)[O-])cccc8c7S(=O)(=O)O)c([O-])c56)n4)C=C3)nc(=Nc3cc(S(=O)(=O)[O-])cc4cc(S(=O)(=O)O)c(N=Nc5ccc6c(S(=O)(=O)[O-])cccc6c5S(=O)(=O)[O-])c([O-])c34)[nH]2)c1.[Na+].[Na+].[Na+].[Na+].[Na+].[Na+].[Na+].[Na+]. The number of aromatic carboxylic acids is 1. The molecule has 0 unspecified atom stereocenters. The Morgan fingerprint density at radius 3 is 1.38 bits per heavy atom. The number of carboxylic acid groups (broad SMARTS) is 1. The average Bonchev–Trinajstić information content (AvgIpc) is 0.756. The summed E-state index contributed by atoms with van der Waals surface area (Å²) in [5, 5.41) is 42.3. The maximum absolute atomic E-state index is 14.7. The molecule has 0 atom stereocenters. The molecule has 1 aliphatic carbocycles. The second-order valence-electron chi connectivity index (χ2n) is 22.2. The largest absolute Gasteiger partial charge is 1.00 e. The van der Waals surface area contributed by atoms with Crippen molar-refractivity contribution in [1.29, 1.82) is 0 Å². The van der Waals surface area contributed by atoms with E-state index in [-0.39, 0.29) is 248 Å². The Morgan fingerprint density at radius 2 is 0.915 bits per heavy atom. The summed E-state index contributed by atoms with van der Waals surface area (Å²) in [6, 6.07) is 13.6. The normalized spacial score (nSPS) is 12.9. The van der Waals surface area contributed by atoms with Crippen LogP contribution in [-0.4, -0.2) is 151 Å². The maximum atomic E-state index is 14.7. The number of carbonyl (C=O) groups excluding carboxylic acids is 1. The van der Waals surface area contributed by atoms with Crippen molar-refractivity contribution in [3.05, 3.63) is 168 Å². The molecule has 0 amide bonds. The first-order valence-corrected chi connectivity index (χ1v) is 40.7. The molecule has 0 saturated heterocycles. The van der Waals surface area contributed by atoms with Crippen molar-refractivity contribution in [3.63, 3.8) is 0 Å². The summed E-state index contributed by atoms with van der Waals surface area (Å²) in [5.41, 5.74) is -3.87. The minimum atomic E-state index is -5.77.